The van der Waals surface area contributed by atoms with Gasteiger partial charge in [0.2, 0.25) is 0 Å². The molecule has 76 valence electrons. The molecule has 0 saturated carbocycles. The van der Waals surface area contributed by atoms with E-state index < -0.39 is 0 Å². The predicted octanol–water partition coefficient (Wildman–Crippen LogP) is 1.60. The normalized spacial score (nSPS) is 13.9. The highest BCUT2D eigenvalue weighted by atomic mass is 35.5. The Morgan fingerprint density at radius 2 is 2.21 bits per heavy atom. The quantitative estimate of drug-likeness (QED) is 0.745. The SMILES string of the molecule is Cl.O=C1CCNc2cc(CO)ccc21. The van der Waals surface area contributed by atoms with Crippen molar-refractivity contribution in [1.29, 1.82) is 0 Å². The van der Waals surface area contributed by atoms with Gasteiger partial charge in [0.1, 0.15) is 0 Å². The second-order valence-electron chi connectivity index (χ2n) is 3.14. The van der Waals surface area contributed by atoms with Crippen LogP contribution in [-0.4, -0.2) is 17.4 Å². The molecule has 0 fully saturated rings. The summed E-state index contributed by atoms with van der Waals surface area (Å²) in [6.45, 7) is 0.712. The first-order valence-electron chi connectivity index (χ1n) is 4.32. The number of ketones is 1. The first-order valence-corrected chi connectivity index (χ1v) is 4.32. The van der Waals surface area contributed by atoms with Crippen molar-refractivity contribution in [2.24, 2.45) is 0 Å². The van der Waals surface area contributed by atoms with Crippen LogP contribution in [0.15, 0.2) is 18.2 Å². The largest absolute Gasteiger partial charge is 0.392 e. The highest BCUT2D eigenvalue weighted by Crippen LogP contribution is 2.22. The van der Waals surface area contributed by atoms with Gasteiger partial charge in [-0.15, -0.1) is 12.4 Å². The molecule has 0 spiro atoms. The van der Waals surface area contributed by atoms with Crippen molar-refractivity contribution in [3.63, 3.8) is 0 Å². The number of benzene rings is 1. The summed E-state index contributed by atoms with van der Waals surface area (Å²) in [5.74, 6) is 0.179. The zero-order valence-electron chi connectivity index (χ0n) is 7.62. The number of fused-ring (bicyclic) bond motifs is 1. The fourth-order valence-electron chi connectivity index (χ4n) is 1.52. The molecule has 0 saturated heterocycles. The van der Waals surface area contributed by atoms with Gasteiger partial charge in [-0.1, -0.05) is 6.07 Å². The van der Waals surface area contributed by atoms with Crippen LogP contribution in [0, 0.1) is 0 Å². The summed E-state index contributed by atoms with van der Waals surface area (Å²) in [4.78, 5) is 11.4. The molecule has 3 nitrogen and oxygen atoms in total. The van der Waals surface area contributed by atoms with E-state index in [1.165, 1.54) is 0 Å². The highest BCUT2D eigenvalue weighted by Gasteiger charge is 2.15. The van der Waals surface area contributed by atoms with E-state index in [9.17, 15) is 4.79 Å². The molecule has 0 aromatic heterocycles. The summed E-state index contributed by atoms with van der Waals surface area (Å²) >= 11 is 0. The minimum absolute atomic E-state index is 0. The summed E-state index contributed by atoms with van der Waals surface area (Å²) in [6.07, 6.45) is 0.561. The van der Waals surface area contributed by atoms with Gasteiger partial charge in [0.15, 0.2) is 5.78 Å². The maximum Gasteiger partial charge on any atom is 0.166 e. The number of aliphatic hydroxyl groups excluding tert-OH is 1. The zero-order valence-corrected chi connectivity index (χ0v) is 8.43. The van der Waals surface area contributed by atoms with E-state index in [1.807, 2.05) is 6.07 Å². The molecule has 0 atom stereocenters. The van der Waals surface area contributed by atoms with Crippen LogP contribution >= 0.6 is 12.4 Å². The van der Waals surface area contributed by atoms with Gasteiger partial charge in [-0.25, -0.2) is 0 Å². The number of carbonyl (C=O) groups excluding carboxylic acids is 1. The van der Waals surface area contributed by atoms with Gasteiger partial charge < -0.3 is 10.4 Å². The minimum Gasteiger partial charge on any atom is -0.392 e. The number of halogens is 1. The predicted molar refractivity (Wildman–Crippen MR) is 57.1 cm³/mol. The topological polar surface area (TPSA) is 49.3 Å². The molecule has 1 aromatic carbocycles. The van der Waals surface area contributed by atoms with Crippen LogP contribution in [0.4, 0.5) is 5.69 Å². The molecule has 4 heteroatoms. The van der Waals surface area contributed by atoms with Crippen LogP contribution in [0.2, 0.25) is 0 Å². The Labute approximate surface area is 88.5 Å². The molecule has 0 amide bonds. The summed E-state index contributed by atoms with van der Waals surface area (Å²) in [7, 11) is 0. The van der Waals surface area contributed by atoms with Gasteiger partial charge in [0.25, 0.3) is 0 Å². The number of hydrogen-bond donors (Lipinski definition) is 2. The molecule has 14 heavy (non-hydrogen) atoms. The molecule has 1 aliphatic rings. The second-order valence-corrected chi connectivity index (χ2v) is 3.14. The molecule has 2 N–H and O–H groups in total. The Balaban J connectivity index is 0.000000980. The van der Waals surface area contributed by atoms with E-state index in [-0.39, 0.29) is 24.8 Å². The Bertz CT molecular complexity index is 352. The number of Topliss-reactive ketones (excluding diaryl/α,β-unsaturated/α-hetero) is 1. The van der Waals surface area contributed by atoms with Crippen molar-refractivity contribution in [2.45, 2.75) is 13.0 Å². The van der Waals surface area contributed by atoms with Gasteiger partial charge in [-0.05, 0) is 17.7 Å². The maximum atomic E-state index is 11.4. The van der Waals surface area contributed by atoms with E-state index in [1.54, 1.807) is 12.1 Å². The van der Waals surface area contributed by atoms with Crippen LogP contribution < -0.4 is 5.32 Å². The van der Waals surface area contributed by atoms with E-state index >= 15 is 0 Å². The lowest BCUT2D eigenvalue weighted by molar-refractivity contribution is 0.0983. The molecular formula is C10H12ClNO2. The molecule has 1 aliphatic heterocycles. The van der Waals surface area contributed by atoms with Crippen molar-refractivity contribution < 1.29 is 9.90 Å². The number of nitrogens with one attached hydrogen (secondary N) is 1. The van der Waals surface area contributed by atoms with Crippen molar-refractivity contribution in [3.8, 4) is 0 Å². The first kappa shape index (κ1) is 11.0. The number of carbonyl (C=O) groups is 1. The third-order valence-electron chi connectivity index (χ3n) is 2.23. The van der Waals surface area contributed by atoms with Gasteiger partial charge >= 0.3 is 0 Å². The van der Waals surface area contributed by atoms with E-state index in [0.717, 1.165) is 16.8 Å². The average Bonchev–Trinajstić information content (AvgIpc) is 2.18. The molecule has 0 radical (unpaired) electrons. The van der Waals surface area contributed by atoms with Crippen LogP contribution in [0.1, 0.15) is 22.3 Å². The summed E-state index contributed by atoms with van der Waals surface area (Å²) in [6, 6.07) is 5.38. The Hall–Kier alpha value is -1.06. The Morgan fingerprint density at radius 1 is 1.43 bits per heavy atom. The van der Waals surface area contributed by atoms with Gasteiger partial charge in [0.05, 0.1) is 6.61 Å². The summed E-state index contributed by atoms with van der Waals surface area (Å²) < 4.78 is 0. The fourth-order valence-corrected chi connectivity index (χ4v) is 1.52. The number of rotatable bonds is 1. The lowest BCUT2D eigenvalue weighted by Crippen LogP contribution is -2.17. The van der Waals surface area contributed by atoms with Crippen LogP contribution in [0.5, 0.6) is 0 Å². The van der Waals surface area contributed by atoms with E-state index in [0.29, 0.717) is 13.0 Å². The van der Waals surface area contributed by atoms with Crippen molar-refractivity contribution >= 4 is 23.9 Å². The third-order valence-corrected chi connectivity index (χ3v) is 2.23. The molecule has 1 heterocycles. The van der Waals surface area contributed by atoms with Gasteiger partial charge in [-0.3, -0.25) is 4.79 Å². The smallest absolute Gasteiger partial charge is 0.166 e. The average molecular weight is 214 g/mol. The number of aliphatic hydroxyl groups is 1. The molecule has 0 unspecified atom stereocenters. The number of anilines is 1. The maximum absolute atomic E-state index is 11.4. The summed E-state index contributed by atoms with van der Waals surface area (Å²) in [5, 5.41) is 12.0. The Morgan fingerprint density at radius 3 is 2.93 bits per heavy atom. The Kier molecular flexibility index (Phi) is 3.49. The van der Waals surface area contributed by atoms with E-state index in [4.69, 9.17) is 5.11 Å². The second kappa shape index (κ2) is 4.44. The molecular weight excluding hydrogens is 202 g/mol. The standard InChI is InChI=1S/C10H11NO2.ClH/c12-6-7-1-2-8-9(5-7)11-4-3-10(8)13;/h1-2,5,11-12H,3-4,6H2;1H. The fraction of sp³-hybridized carbons (Fsp3) is 0.300. The monoisotopic (exact) mass is 213 g/mol. The summed E-state index contributed by atoms with van der Waals surface area (Å²) in [5.41, 5.74) is 2.42. The first-order chi connectivity index (χ1) is 6.31. The number of hydrogen-bond acceptors (Lipinski definition) is 3. The minimum atomic E-state index is 0. The van der Waals surface area contributed by atoms with E-state index in [2.05, 4.69) is 5.32 Å². The third kappa shape index (κ3) is 1.89. The van der Waals surface area contributed by atoms with Crippen molar-refractivity contribution in [1.82, 2.24) is 0 Å². The molecule has 0 aliphatic carbocycles. The van der Waals surface area contributed by atoms with Gasteiger partial charge in [0, 0.05) is 24.2 Å². The molecule has 0 bridgehead atoms. The molecule has 2 rings (SSSR count). The lowest BCUT2D eigenvalue weighted by atomic mass is 10.0. The zero-order chi connectivity index (χ0) is 9.26. The van der Waals surface area contributed by atoms with Crippen LogP contribution in [0.3, 0.4) is 0 Å². The van der Waals surface area contributed by atoms with Crippen molar-refractivity contribution in [2.75, 3.05) is 11.9 Å². The lowest BCUT2D eigenvalue weighted by Gasteiger charge is -2.17. The van der Waals surface area contributed by atoms with Crippen molar-refractivity contribution in [3.05, 3.63) is 29.3 Å². The molecule has 1 aromatic rings. The van der Waals surface area contributed by atoms with Gasteiger partial charge in [-0.2, -0.15) is 0 Å². The highest BCUT2D eigenvalue weighted by molar-refractivity contribution is 6.03. The van der Waals surface area contributed by atoms with Crippen LogP contribution in [-0.2, 0) is 6.61 Å². The van der Waals surface area contributed by atoms with Crippen LogP contribution in [0.25, 0.3) is 0 Å².